The molecule has 1 saturated heterocycles. The molecule has 1 aliphatic heterocycles. The summed E-state index contributed by atoms with van der Waals surface area (Å²) in [5.74, 6) is 0. The lowest BCUT2D eigenvalue weighted by Gasteiger charge is -2.39. The summed E-state index contributed by atoms with van der Waals surface area (Å²) in [5, 5.41) is 0. The maximum atomic E-state index is 6.00. The zero-order valence-corrected chi connectivity index (χ0v) is 9.99. The van der Waals surface area contributed by atoms with Crippen LogP contribution in [0.25, 0.3) is 0 Å². The van der Waals surface area contributed by atoms with Gasteiger partial charge in [0.1, 0.15) is 0 Å². The summed E-state index contributed by atoms with van der Waals surface area (Å²) in [6, 6.07) is 11.0. The van der Waals surface area contributed by atoms with E-state index >= 15 is 0 Å². The second-order valence-corrected chi connectivity index (χ2v) is 4.94. The fourth-order valence-electron chi connectivity index (χ4n) is 2.78. The van der Waals surface area contributed by atoms with Crippen LogP contribution in [0, 0.1) is 0 Å². The Labute approximate surface area is 97.8 Å². The van der Waals surface area contributed by atoms with Crippen molar-refractivity contribution in [3.8, 4) is 0 Å². The van der Waals surface area contributed by atoms with Crippen molar-refractivity contribution in [1.82, 2.24) is 0 Å². The second kappa shape index (κ2) is 4.98. The molecule has 0 aromatic heterocycles. The molecular formula is C14H21NO. The minimum absolute atomic E-state index is 0.244. The van der Waals surface area contributed by atoms with E-state index in [1.54, 1.807) is 0 Å². The van der Waals surface area contributed by atoms with E-state index < -0.39 is 0 Å². The highest BCUT2D eigenvalue weighted by molar-refractivity contribution is 5.26. The van der Waals surface area contributed by atoms with Gasteiger partial charge in [-0.25, -0.2) is 0 Å². The fourth-order valence-corrected chi connectivity index (χ4v) is 2.78. The highest BCUT2D eigenvalue weighted by Crippen LogP contribution is 2.38. The van der Waals surface area contributed by atoms with Gasteiger partial charge in [-0.15, -0.1) is 0 Å². The molecule has 2 rings (SSSR count). The van der Waals surface area contributed by atoms with Gasteiger partial charge in [0.25, 0.3) is 0 Å². The van der Waals surface area contributed by atoms with Crippen LogP contribution in [0.3, 0.4) is 0 Å². The van der Waals surface area contributed by atoms with Crippen molar-refractivity contribution >= 4 is 0 Å². The van der Waals surface area contributed by atoms with Crippen LogP contribution < -0.4 is 5.73 Å². The third-order valence-corrected chi connectivity index (χ3v) is 3.55. The molecule has 0 aliphatic carbocycles. The van der Waals surface area contributed by atoms with E-state index in [4.69, 9.17) is 10.5 Å². The zero-order valence-electron chi connectivity index (χ0n) is 9.99. The molecule has 88 valence electrons. The normalized spacial score (nSPS) is 21.6. The Morgan fingerprint density at radius 3 is 2.44 bits per heavy atom. The Morgan fingerprint density at radius 1 is 1.25 bits per heavy atom. The van der Waals surface area contributed by atoms with Gasteiger partial charge in [-0.3, -0.25) is 0 Å². The molecule has 2 nitrogen and oxygen atoms in total. The van der Waals surface area contributed by atoms with E-state index in [2.05, 4.69) is 37.3 Å². The van der Waals surface area contributed by atoms with E-state index in [0.717, 1.165) is 32.5 Å². The number of hydrogen-bond donors (Lipinski definition) is 1. The Kier molecular flexibility index (Phi) is 3.62. The fraction of sp³-hybridized carbons (Fsp3) is 0.571. The van der Waals surface area contributed by atoms with Crippen molar-refractivity contribution in [2.24, 2.45) is 5.73 Å². The summed E-state index contributed by atoms with van der Waals surface area (Å²) in [5.41, 5.74) is 7.68. The lowest BCUT2D eigenvalue weighted by molar-refractivity contribution is 0.0449. The van der Waals surface area contributed by atoms with E-state index in [-0.39, 0.29) is 11.5 Å². The van der Waals surface area contributed by atoms with Gasteiger partial charge in [0.2, 0.25) is 0 Å². The third kappa shape index (κ3) is 2.45. The van der Waals surface area contributed by atoms with Crippen molar-refractivity contribution in [2.45, 2.75) is 37.6 Å². The van der Waals surface area contributed by atoms with E-state index in [9.17, 15) is 0 Å². The first-order valence-electron chi connectivity index (χ1n) is 6.12. The Hall–Kier alpha value is -0.860. The van der Waals surface area contributed by atoms with Crippen LogP contribution in [0.2, 0.25) is 0 Å². The number of hydrogen-bond acceptors (Lipinski definition) is 2. The number of benzene rings is 1. The quantitative estimate of drug-likeness (QED) is 0.847. The summed E-state index contributed by atoms with van der Waals surface area (Å²) in [6.07, 6.45) is 3.25. The number of ether oxygens (including phenoxy) is 1. The molecule has 1 heterocycles. The van der Waals surface area contributed by atoms with Crippen molar-refractivity contribution in [3.05, 3.63) is 35.9 Å². The molecule has 1 unspecified atom stereocenters. The summed E-state index contributed by atoms with van der Waals surface area (Å²) < 4.78 is 5.49. The molecule has 0 radical (unpaired) electrons. The van der Waals surface area contributed by atoms with Crippen molar-refractivity contribution in [1.29, 1.82) is 0 Å². The lowest BCUT2D eigenvalue weighted by Crippen LogP contribution is -2.38. The van der Waals surface area contributed by atoms with Crippen LogP contribution in [0.15, 0.2) is 30.3 Å². The molecule has 1 atom stereocenters. The van der Waals surface area contributed by atoms with E-state index in [0.29, 0.717) is 0 Å². The first-order chi connectivity index (χ1) is 7.73. The van der Waals surface area contributed by atoms with Gasteiger partial charge in [-0.1, -0.05) is 30.3 Å². The molecule has 0 spiro atoms. The van der Waals surface area contributed by atoms with Gasteiger partial charge in [0.15, 0.2) is 0 Å². The average Bonchev–Trinajstić information content (AvgIpc) is 2.30. The molecule has 0 saturated carbocycles. The average molecular weight is 219 g/mol. The molecule has 1 fully saturated rings. The van der Waals surface area contributed by atoms with Crippen LogP contribution in [0.1, 0.15) is 31.7 Å². The van der Waals surface area contributed by atoms with Crippen LogP contribution in [-0.2, 0) is 10.2 Å². The van der Waals surface area contributed by atoms with E-state index in [1.807, 2.05) is 0 Å². The molecule has 2 N–H and O–H groups in total. The van der Waals surface area contributed by atoms with Crippen LogP contribution in [0.4, 0.5) is 0 Å². The van der Waals surface area contributed by atoms with Crippen molar-refractivity contribution in [2.75, 3.05) is 13.2 Å². The Balaban J connectivity index is 2.26. The highest BCUT2D eigenvalue weighted by atomic mass is 16.5. The van der Waals surface area contributed by atoms with Crippen LogP contribution in [-0.4, -0.2) is 19.3 Å². The Bertz CT molecular complexity index is 315. The largest absolute Gasteiger partial charge is 0.381 e. The van der Waals surface area contributed by atoms with Gasteiger partial charge in [-0.2, -0.15) is 0 Å². The molecule has 1 aromatic rings. The van der Waals surface area contributed by atoms with Crippen LogP contribution in [0.5, 0.6) is 0 Å². The second-order valence-electron chi connectivity index (χ2n) is 4.94. The van der Waals surface area contributed by atoms with E-state index in [1.165, 1.54) is 5.56 Å². The lowest BCUT2D eigenvalue weighted by atomic mass is 9.70. The Morgan fingerprint density at radius 2 is 1.88 bits per heavy atom. The molecule has 1 aromatic carbocycles. The van der Waals surface area contributed by atoms with Crippen molar-refractivity contribution < 1.29 is 4.74 Å². The summed E-state index contributed by atoms with van der Waals surface area (Å²) in [4.78, 5) is 0. The van der Waals surface area contributed by atoms with Gasteiger partial charge < -0.3 is 10.5 Å². The molecule has 1 aliphatic rings. The maximum absolute atomic E-state index is 6.00. The monoisotopic (exact) mass is 219 g/mol. The summed E-state index contributed by atoms with van der Waals surface area (Å²) in [7, 11) is 0. The first-order valence-corrected chi connectivity index (χ1v) is 6.12. The highest BCUT2D eigenvalue weighted by Gasteiger charge is 2.34. The van der Waals surface area contributed by atoms with Gasteiger partial charge in [0.05, 0.1) is 0 Å². The van der Waals surface area contributed by atoms with Gasteiger partial charge in [0, 0.05) is 24.7 Å². The van der Waals surface area contributed by atoms with Crippen molar-refractivity contribution in [3.63, 3.8) is 0 Å². The number of rotatable bonds is 3. The maximum Gasteiger partial charge on any atom is 0.0474 e. The molecular weight excluding hydrogens is 198 g/mol. The minimum Gasteiger partial charge on any atom is -0.381 e. The minimum atomic E-state index is 0.244. The molecule has 0 amide bonds. The molecule has 2 heteroatoms. The third-order valence-electron chi connectivity index (χ3n) is 3.55. The predicted octanol–water partition coefficient (Wildman–Crippen LogP) is 2.47. The first kappa shape index (κ1) is 11.6. The van der Waals surface area contributed by atoms with Gasteiger partial charge in [-0.05, 0) is 31.7 Å². The van der Waals surface area contributed by atoms with Gasteiger partial charge >= 0.3 is 0 Å². The van der Waals surface area contributed by atoms with Crippen LogP contribution >= 0.6 is 0 Å². The summed E-state index contributed by atoms with van der Waals surface area (Å²) in [6.45, 7) is 3.82. The SMILES string of the molecule is CC(N)CC1(c2ccccc2)CCOCC1. The zero-order chi connectivity index (χ0) is 11.4. The molecule has 0 bridgehead atoms. The predicted molar refractivity (Wildman–Crippen MR) is 66.4 cm³/mol. The number of nitrogens with two attached hydrogens (primary N) is 1. The molecule has 16 heavy (non-hydrogen) atoms. The smallest absolute Gasteiger partial charge is 0.0474 e. The summed E-state index contributed by atoms with van der Waals surface area (Å²) >= 11 is 0. The topological polar surface area (TPSA) is 35.2 Å². The standard InChI is InChI=1S/C14H21NO/c1-12(15)11-14(7-9-16-10-8-14)13-5-3-2-4-6-13/h2-6,12H,7-11,15H2,1H3.